The summed E-state index contributed by atoms with van der Waals surface area (Å²) >= 11 is 0. The lowest BCUT2D eigenvalue weighted by molar-refractivity contribution is 0.337. The predicted molar refractivity (Wildman–Crippen MR) is 75.6 cm³/mol. The average Bonchev–Trinajstić information content (AvgIpc) is 2.73. The summed E-state index contributed by atoms with van der Waals surface area (Å²) in [6.45, 7) is 5.79. The Morgan fingerprint density at radius 2 is 2.17 bits per heavy atom. The number of nitrogens with one attached hydrogen (secondary N) is 1. The van der Waals surface area contributed by atoms with Gasteiger partial charge < -0.3 is 9.73 Å². The third-order valence-corrected chi connectivity index (χ3v) is 4.34. The zero-order valence-electron chi connectivity index (χ0n) is 11.8. The van der Waals surface area contributed by atoms with Gasteiger partial charge in [-0.2, -0.15) is 0 Å². The van der Waals surface area contributed by atoms with E-state index in [1.807, 2.05) is 6.07 Å². The van der Waals surface area contributed by atoms with Gasteiger partial charge >= 0.3 is 0 Å². The van der Waals surface area contributed by atoms with Gasteiger partial charge in [-0.1, -0.05) is 26.7 Å². The van der Waals surface area contributed by atoms with E-state index in [-0.39, 0.29) is 0 Å². The van der Waals surface area contributed by atoms with Crippen molar-refractivity contribution in [2.45, 2.75) is 58.4 Å². The molecule has 0 amide bonds. The topological polar surface area (TPSA) is 25.2 Å². The van der Waals surface area contributed by atoms with Gasteiger partial charge in [0.25, 0.3) is 0 Å². The fourth-order valence-corrected chi connectivity index (χ4v) is 3.06. The van der Waals surface area contributed by atoms with E-state index >= 15 is 0 Å². The average molecular weight is 249 g/mol. The van der Waals surface area contributed by atoms with Crippen LogP contribution in [-0.2, 0) is 6.42 Å². The summed E-state index contributed by atoms with van der Waals surface area (Å²) in [5.74, 6) is 2.89. The largest absolute Gasteiger partial charge is 0.469 e. The Kier molecular flexibility index (Phi) is 5.30. The van der Waals surface area contributed by atoms with E-state index in [2.05, 4.69) is 25.2 Å². The molecular formula is C16H27NO. The Morgan fingerprint density at radius 3 is 2.89 bits per heavy atom. The second-order valence-corrected chi connectivity index (χ2v) is 5.99. The van der Waals surface area contributed by atoms with Crippen molar-refractivity contribution in [3.05, 3.63) is 24.2 Å². The van der Waals surface area contributed by atoms with Crippen LogP contribution in [0.25, 0.3) is 0 Å². The molecule has 0 saturated heterocycles. The van der Waals surface area contributed by atoms with Gasteiger partial charge in [-0.25, -0.2) is 0 Å². The standard InChI is InChI=1S/C16H27NO/c1-13(2)14-5-3-6-15(9-8-14)17-11-10-16-7-4-12-18-16/h4,7,12-15,17H,3,5-6,8-11H2,1-2H3. The molecule has 18 heavy (non-hydrogen) atoms. The molecule has 1 aromatic heterocycles. The van der Waals surface area contributed by atoms with Crippen LogP contribution in [0.4, 0.5) is 0 Å². The number of hydrogen-bond donors (Lipinski definition) is 1. The van der Waals surface area contributed by atoms with E-state index in [1.165, 1.54) is 32.1 Å². The molecule has 0 radical (unpaired) electrons. The van der Waals surface area contributed by atoms with Gasteiger partial charge in [0.2, 0.25) is 0 Å². The summed E-state index contributed by atoms with van der Waals surface area (Å²) in [7, 11) is 0. The quantitative estimate of drug-likeness (QED) is 0.797. The maximum atomic E-state index is 5.36. The van der Waals surface area contributed by atoms with E-state index in [9.17, 15) is 0 Å². The number of hydrogen-bond acceptors (Lipinski definition) is 2. The van der Waals surface area contributed by atoms with Crippen molar-refractivity contribution in [2.75, 3.05) is 6.54 Å². The summed E-state index contributed by atoms with van der Waals surface area (Å²) in [6, 6.07) is 4.75. The molecule has 1 N–H and O–H groups in total. The minimum atomic E-state index is 0.726. The maximum Gasteiger partial charge on any atom is 0.105 e. The monoisotopic (exact) mass is 249 g/mol. The lowest BCUT2D eigenvalue weighted by Crippen LogP contribution is -2.30. The fourth-order valence-electron chi connectivity index (χ4n) is 3.06. The SMILES string of the molecule is CC(C)C1CCCC(NCCc2ccco2)CC1. The first kappa shape index (κ1) is 13.7. The second-order valence-electron chi connectivity index (χ2n) is 5.99. The summed E-state index contributed by atoms with van der Waals surface area (Å²) in [4.78, 5) is 0. The van der Waals surface area contributed by atoms with Crippen LogP contribution in [0, 0.1) is 11.8 Å². The Morgan fingerprint density at radius 1 is 1.28 bits per heavy atom. The fraction of sp³-hybridized carbons (Fsp3) is 0.750. The summed E-state index contributed by atoms with van der Waals surface area (Å²) in [6.07, 6.45) is 9.68. The first-order valence-electron chi connectivity index (χ1n) is 7.51. The van der Waals surface area contributed by atoms with Crippen molar-refractivity contribution in [2.24, 2.45) is 11.8 Å². The van der Waals surface area contributed by atoms with Crippen LogP contribution < -0.4 is 5.32 Å². The molecule has 1 aliphatic carbocycles. The first-order chi connectivity index (χ1) is 8.75. The van der Waals surface area contributed by atoms with Gasteiger partial charge in [-0.05, 0) is 43.2 Å². The number of rotatable bonds is 5. The Bertz CT molecular complexity index is 318. The van der Waals surface area contributed by atoms with Gasteiger partial charge in [0.15, 0.2) is 0 Å². The van der Waals surface area contributed by atoms with E-state index in [0.29, 0.717) is 0 Å². The van der Waals surface area contributed by atoms with Crippen LogP contribution in [0.1, 0.15) is 51.7 Å². The third-order valence-electron chi connectivity index (χ3n) is 4.34. The molecule has 2 atom stereocenters. The van der Waals surface area contributed by atoms with Gasteiger partial charge in [0, 0.05) is 19.0 Å². The van der Waals surface area contributed by atoms with Crippen molar-refractivity contribution < 1.29 is 4.42 Å². The van der Waals surface area contributed by atoms with Crippen molar-refractivity contribution in [3.63, 3.8) is 0 Å². The molecule has 2 nitrogen and oxygen atoms in total. The predicted octanol–water partition coefficient (Wildman–Crippen LogP) is 4.02. The maximum absolute atomic E-state index is 5.36. The number of furan rings is 1. The van der Waals surface area contributed by atoms with Crippen molar-refractivity contribution >= 4 is 0 Å². The molecule has 1 aromatic rings. The molecule has 0 aliphatic heterocycles. The van der Waals surface area contributed by atoms with E-state index in [1.54, 1.807) is 6.26 Å². The molecule has 1 aliphatic rings. The van der Waals surface area contributed by atoms with Crippen LogP contribution in [0.15, 0.2) is 22.8 Å². The van der Waals surface area contributed by atoms with Crippen molar-refractivity contribution in [1.82, 2.24) is 5.32 Å². The summed E-state index contributed by atoms with van der Waals surface area (Å²) < 4.78 is 5.36. The molecule has 1 fully saturated rings. The Labute approximate surface area is 111 Å². The van der Waals surface area contributed by atoms with Crippen LogP contribution >= 0.6 is 0 Å². The molecule has 0 bridgehead atoms. The molecular weight excluding hydrogens is 222 g/mol. The highest BCUT2D eigenvalue weighted by Gasteiger charge is 2.20. The molecule has 2 unspecified atom stereocenters. The van der Waals surface area contributed by atoms with Crippen LogP contribution in [0.5, 0.6) is 0 Å². The van der Waals surface area contributed by atoms with Crippen molar-refractivity contribution in [3.8, 4) is 0 Å². The molecule has 102 valence electrons. The first-order valence-corrected chi connectivity index (χ1v) is 7.51. The van der Waals surface area contributed by atoms with Crippen LogP contribution in [0.3, 0.4) is 0 Å². The summed E-state index contributed by atoms with van der Waals surface area (Å²) in [5.41, 5.74) is 0. The molecule has 2 heteroatoms. The zero-order valence-corrected chi connectivity index (χ0v) is 11.8. The lowest BCUT2D eigenvalue weighted by Gasteiger charge is -2.19. The lowest BCUT2D eigenvalue weighted by atomic mass is 9.89. The van der Waals surface area contributed by atoms with Crippen molar-refractivity contribution in [1.29, 1.82) is 0 Å². The molecule has 2 rings (SSSR count). The van der Waals surface area contributed by atoms with Gasteiger partial charge in [0.05, 0.1) is 6.26 Å². The van der Waals surface area contributed by atoms with Gasteiger partial charge in [0.1, 0.15) is 5.76 Å². The van der Waals surface area contributed by atoms with E-state index in [0.717, 1.165) is 36.6 Å². The molecule has 0 aromatic carbocycles. The smallest absolute Gasteiger partial charge is 0.105 e. The highest BCUT2D eigenvalue weighted by atomic mass is 16.3. The van der Waals surface area contributed by atoms with E-state index < -0.39 is 0 Å². The Balaban J connectivity index is 1.67. The third kappa shape index (κ3) is 4.16. The van der Waals surface area contributed by atoms with E-state index in [4.69, 9.17) is 4.42 Å². The van der Waals surface area contributed by atoms with Crippen LogP contribution in [-0.4, -0.2) is 12.6 Å². The normalized spacial score (nSPS) is 25.3. The zero-order chi connectivity index (χ0) is 12.8. The summed E-state index contributed by atoms with van der Waals surface area (Å²) in [5, 5.41) is 3.70. The molecule has 1 heterocycles. The second kappa shape index (κ2) is 6.98. The molecule has 1 saturated carbocycles. The molecule has 0 spiro atoms. The van der Waals surface area contributed by atoms with Gasteiger partial charge in [-0.15, -0.1) is 0 Å². The minimum Gasteiger partial charge on any atom is -0.469 e. The minimum absolute atomic E-state index is 0.726. The highest BCUT2D eigenvalue weighted by Crippen LogP contribution is 2.28. The van der Waals surface area contributed by atoms with Crippen LogP contribution in [0.2, 0.25) is 0 Å². The highest BCUT2D eigenvalue weighted by molar-refractivity contribution is 4.98. The van der Waals surface area contributed by atoms with Gasteiger partial charge in [-0.3, -0.25) is 0 Å². The Hall–Kier alpha value is -0.760.